The minimum atomic E-state index is -1.71. The van der Waals surface area contributed by atoms with E-state index in [4.69, 9.17) is 27.4 Å². The van der Waals surface area contributed by atoms with Crippen molar-refractivity contribution < 1.29 is 43.8 Å². The van der Waals surface area contributed by atoms with Crippen molar-refractivity contribution in [2.75, 3.05) is 5.75 Å². The zero-order valence-electron chi connectivity index (χ0n) is 17.5. The SMILES string of the molecule is NC(=O)CCC(N)C(=O)NC(CS)C(=O)NC(CCC(=O)O)C(=O)NC(CC(N)=O)C(=O)O. The van der Waals surface area contributed by atoms with Crippen LogP contribution in [0.15, 0.2) is 0 Å². The molecule has 0 aliphatic heterocycles. The van der Waals surface area contributed by atoms with Crippen molar-refractivity contribution in [1.29, 1.82) is 0 Å². The minimum Gasteiger partial charge on any atom is -0.481 e. The Labute approximate surface area is 193 Å². The molecule has 15 nitrogen and oxygen atoms in total. The van der Waals surface area contributed by atoms with Crippen LogP contribution in [0.2, 0.25) is 0 Å². The Balaban J connectivity index is 5.32. The van der Waals surface area contributed by atoms with E-state index >= 15 is 0 Å². The number of thiol groups is 1. The van der Waals surface area contributed by atoms with Crippen LogP contribution in [0.3, 0.4) is 0 Å². The van der Waals surface area contributed by atoms with Gasteiger partial charge in [-0.1, -0.05) is 0 Å². The second-order valence-corrected chi connectivity index (χ2v) is 7.28. The highest BCUT2D eigenvalue weighted by Gasteiger charge is 2.30. The standard InChI is InChI=1S/C17H28N6O9S/c18-7(1-3-11(19)24)14(28)23-10(6-33)16(30)21-8(2-4-13(26)27)15(29)22-9(17(31)32)5-12(20)25/h7-10,33H,1-6,18H2,(H2,19,24)(H2,20,25)(H,21,30)(H,22,29)(H,23,28)(H,26,27)(H,31,32). The molecule has 0 spiro atoms. The van der Waals surface area contributed by atoms with E-state index in [2.05, 4.69) is 23.3 Å². The van der Waals surface area contributed by atoms with Crippen LogP contribution in [-0.4, -0.2) is 81.6 Å². The monoisotopic (exact) mass is 492 g/mol. The lowest BCUT2D eigenvalue weighted by Crippen LogP contribution is -2.58. The first-order chi connectivity index (χ1) is 15.3. The van der Waals surface area contributed by atoms with Gasteiger partial charge in [0.2, 0.25) is 29.5 Å². The topological polar surface area (TPSA) is 274 Å². The van der Waals surface area contributed by atoms with Gasteiger partial charge < -0.3 is 43.4 Å². The number of nitrogens with one attached hydrogen (secondary N) is 3. The van der Waals surface area contributed by atoms with Crippen LogP contribution in [-0.2, 0) is 33.6 Å². The molecule has 0 saturated carbocycles. The molecule has 186 valence electrons. The molecule has 0 aromatic rings. The van der Waals surface area contributed by atoms with Crippen LogP contribution in [0, 0.1) is 0 Å². The molecule has 33 heavy (non-hydrogen) atoms. The third kappa shape index (κ3) is 12.3. The third-order valence-corrected chi connectivity index (χ3v) is 4.52. The lowest BCUT2D eigenvalue weighted by molar-refractivity contribution is -0.144. The Hall–Kier alpha value is -3.40. The van der Waals surface area contributed by atoms with Crippen LogP contribution in [0.25, 0.3) is 0 Å². The summed E-state index contributed by atoms with van der Waals surface area (Å²) in [6.45, 7) is 0. The Bertz CT molecular complexity index is 778. The fraction of sp³-hybridized carbons (Fsp3) is 0.588. The predicted molar refractivity (Wildman–Crippen MR) is 114 cm³/mol. The first kappa shape index (κ1) is 29.6. The zero-order chi connectivity index (χ0) is 25.7. The summed E-state index contributed by atoms with van der Waals surface area (Å²) in [4.78, 5) is 81.1. The number of carbonyl (C=O) groups excluding carboxylic acids is 5. The number of carboxylic acids is 2. The molecule has 0 aromatic heterocycles. The number of primary amides is 2. The molecule has 5 amide bonds. The lowest BCUT2D eigenvalue weighted by atomic mass is 10.1. The second-order valence-electron chi connectivity index (χ2n) is 6.92. The summed E-state index contributed by atoms with van der Waals surface area (Å²) in [6, 6.07) is -5.69. The average molecular weight is 493 g/mol. The van der Waals surface area contributed by atoms with E-state index in [1.54, 1.807) is 0 Å². The summed E-state index contributed by atoms with van der Waals surface area (Å²) in [5, 5.41) is 24.5. The summed E-state index contributed by atoms with van der Waals surface area (Å²) in [5.74, 6) is -7.63. The molecule has 0 radical (unpaired) electrons. The van der Waals surface area contributed by atoms with Gasteiger partial charge in [0, 0.05) is 18.6 Å². The normalized spacial score (nSPS) is 14.1. The number of aliphatic carboxylic acids is 2. The van der Waals surface area contributed by atoms with E-state index < -0.39 is 84.9 Å². The first-order valence-electron chi connectivity index (χ1n) is 9.57. The average Bonchev–Trinajstić information content (AvgIpc) is 2.71. The quantitative estimate of drug-likeness (QED) is 0.0936. The van der Waals surface area contributed by atoms with Gasteiger partial charge in [-0.3, -0.25) is 28.8 Å². The Kier molecular flexibility index (Phi) is 13.1. The number of nitrogens with two attached hydrogens (primary N) is 3. The molecular weight excluding hydrogens is 464 g/mol. The van der Waals surface area contributed by atoms with Gasteiger partial charge in [-0.15, -0.1) is 0 Å². The van der Waals surface area contributed by atoms with Gasteiger partial charge >= 0.3 is 11.9 Å². The smallest absolute Gasteiger partial charge is 0.326 e. The summed E-state index contributed by atoms with van der Waals surface area (Å²) < 4.78 is 0. The zero-order valence-corrected chi connectivity index (χ0v) is 18.4. The summed E-state index contributed by atoms with van der Waals surface area (Å²) in [7, 11) is 0. The second kappa shape index (κ2) is 14.6. The molecule has 4 atom stereocenters. The van der Waals surface area contributed by atoms with Gasteiger partial charge in [0.25, 0.3) is 0 Å². The molecule has 0 aromatic carbocycles. The maximum Gasteiger partial charge on any atom is 0.326 e. The fourth-order valence-corrected chi connectivity index (χ4v) is 2.64. The highest BCUT2D eigenvalue weighted by Crippen LogP contribution is 2.03. The van der Waals surface area contributed by atoms with Gasteiger partial charge in [-0.25, -0.2) is 4.79 Å². The van der Waals surface area contributed by atoms with Crippen molar-refractivity contribution in [1.82, 2.24) is 16.0 Å². The van der Waals surface area contributed by atoms with E-state index in [-0.39, 0.29) is 18.6 Å². The highest BCUT2D eigenvalue weighted by atomic mass is 32.1. The summed E-state index contributed by atoms with van der Waals surface area (Å²) in [6.07, 6.45) is -1.98. The van der Waals surface area contributed by atoms with Crippen LogP contribution in [0.5, 0.6) is 0 Å². The van der Waals surface area contributed by atoms with E-state index in [1.165, 1.54) is 0 Å². The van der Waals surface area contributed by atoms with Crippen LogP contribution in [0.4, 0.5) is 0 Å². The number of rotatable bonds is 16. The number of carboxylic acid groups (broad SMARTS) is 2. The molecule has 0 saturated heterocycles. The maximum atomic E-state index is 12.5. The van der Waals surface area contributed by atoms with Gasteiger partial charge in [0.05, 0.1) is 12.5 Å². The summed E-state index contributed by atoms with van der Waals surface area (Å²) in [5.41, 5.74) is 15.6. The Morgan fingerprint density at radius 1 is 0.727 bits per heavy atom. The van der Waals surface area contributed by atoms with E-state index in [0.29, 0.717) is 0 Å². The van der Waals surface area contributed by atoms with Crippen LogP contribution < -0.4 is 33.2 Å². The predicted octanol–water partition coefficient (Wildman–Crippen LogP) is -4.21. The fourth-order valence-electron chi connectivity index (χ4n) is 2.38. The molecule has 0 rings (SSSR count). The number of hydrogen-bond donors (Lipinski definition) is 9. The van der Waals surface area contributed by atoms with Crippen molar-refractivity contribution in [3.05, 3.63) is 0 Å². The van der Waals surface area contributed by atoms with Gasteiger partial charge in [-0.2, -0.15) is 12.6 Å². The van der Waals surface area contributed by atoms with Crippen molar-refractivity contribution in [3.8, 4) is 0 Å². The highest BCUT2D eigenvalue weighted by molar-refractivity contribution is 7.80. The largest absolute Gasteiger partial charge is 0.481 e. The Morgan fingerprint density at radius 3 is 1.70 bits per heavy atom. The minimum absolute atomic E-state index is 0.0812. The lowest BCUT2D eigenvalue weighted by Gasteiger charge is -2.24. The molecule has 0 bridgehead atoms. The summed E-state index contributed by atoms with van der Waals surface area (Å²) >= 11 is 3.95. The Morgan fingerprint density at radius 2 is 1.24 bits per heavy atom. The molecule has 0 heterocycles. The molecule has 4 unspecified atom stereocenters. The molecule has 11 N–H and O–H groups in total. The van der Waals surface area contributed by atoms with Crippen molar-refractivity contribution in [3.63, 3.8) is 0 Å². The number of hydrogen-bond acceptors (Lipinski definition) is 9. The maximum absolute atomic E-state index is 12.5. The molecule has 0 fully saturated rings. The number of carbonyl (C=O) groups is 7. The van der Waals surface area contributed by atoms with Crippen LogP contribution in [0.1, 0.15) is 32.1 Å². The van der Waals surface area contributed by atoms with E-state index in [9.17, 15) is 33.6 Å². The van der Waals surface area contributed by atoms with Crippen molar-refractivity contribution >= 4 is 54.1 Å². The molecule has 0 aliphatic rings. The van der Waals surface area contributed by atoms with E-state index in [1.807, 2.05) is 5.32 Å². The van der Waals surface area contributed by atoms with Gasteiger partial charge in [0.1, 0.15) is 18.1 Å². The van der Waals surface area contributed by atoms with Gasteiger partial charge in [0.15, 0.2) is 0 Å². The van der Waals surface area contributed by atoms with Crippen molar-refractivity contribution in [2.45, 2.75) is 56.3 Å². The molecular formula is C17H28N6O9S. The first-order valence-corrected chi connectivity index (χ1v) is 10.2. The van der Waals surface area contributed by atoms with Gasteiger partial charge in [-0.05, 0) is 12.8 Å². The van der Waals surface area contributed by atoms with E-state index in [0.717, 1.165) is 0 Å². The molecule has 16 heteroatoms. The molecule has 0 aliphatic carbocycles. The van der Waals surface area contributed by atoms with Crippen molar-refractivity contribution in [2.24, 2.45) is 17.2 Å². The third-order valence-electron chi connectivity index (χ3n) is 4.15. The number of amides is 5. The van der Waals surface area contributed by atoms with Crippen LogP contribution >= 0.6 is 12.6 Å².